The number of carbonyl (C=O) groups excluding carboxylic acids is 2. The van der Waals surface area contributed by atoms with Gasteiger partial charge in [-0.15, -0.1) is 0 Å². The molecule has 0 aromatic heterocycles. The molecule has 2 aliphatic rings. The van der Waals surface area contributed by atoms with Crippen molar-refractivity contribution in [3.63, 3.8) is 0 Å². The highest BCUT2D eigenvalue weighted by Gasteiger charge is 2.60. The number of nitrogens with zero attached hydrogens (tertiary/aromatic N) is 2. The molecule has 0 radical (unpaired) electrons. The van der Waals surface area contributed by atoms with Gasteiger partial charge >= 0.3 is 0 Å². The molecule has 0 aliphatic carbocycles. The van der Waals surface area contributed by atoms with Crippen molar-refractivity contribution in [1.82, 2.24) is 0 Å². The number of unbranched alkanes of at least 4 members (excludes halogenated alkanes) is 1. The molecule has 2 amide bonds. The molecule has 0 unspecified atom stereocenters. The molecule has 2 fully saturated rings. The Morgan fingerprint density at radius 3 is 2.34 bits per heavy atom. The molecular weight excluding hydrogens is 484 g/mol. The quantitative estimate of drug-likeness (QED) is 0.266. The standard InChI is InChI=1S/C30H32N2O6/c1-4-6-18-37-24-17-16-20(19-25(24)36-5-2)27-26-28(38-32(27)21-12-8-7-9-13-21)30(34)31(29(26)33)22-14-10-11-15-23(22)35-3/h7-17,19,26-28H,4-6,18H2,1-3H3/t26-,27+,28-/m1/s1. The molecule has 198 valence electrons. The van der Waals surface area contributed by atoms with Crippen LogP contribution in [0.1, 0.15) is 38.3 Å². The predicted molar refractivity (Wildman–Crippen MR) is 144 cm³/mol. The van der Waals surface area contributed by atoms with Crippen molar-refractivity contribution < 1.29 is 28.6 Å². The molecule has 2 saturated heterocycles. The van der Waals surface area contributed by atoms with Gasteiger partial charge in [-0.2, -0.15) is 0 Å². The topological polar surface area (TPSA) is 77.5 Å². The Morgan fingerprint density at radius 1 is 0.842 bits per heavy atom. The Kier molecular flexibility index (Phi) is 7.51. The van der Waals surface area contributed by atoms with Crippen LogP contribution in [-0.4, -0.2) is 38.2 Å². The summed E-state index contributed by atoms with van der Waals surface area (Å²) in [7, 11) is 1.51. The molecule has 0 bridgehead atoms. The molecule has 3 aromatic carbocycles. The Labute approximate surface area is 222 Å². The van der Waals surface area contributed by atoms with Crippen molar-refractivity contribution in [2.75, 3.05) is 30.3 Å². The number of amides is 2. The van der Waals surface area contributed by atoms with Crippen molar-refractivity contribution >= 4 is 23.2 Å². The largest absolute Gasteiger partial charge is 0.495 e. The summed E-state index contributed by atoms with van der Waals surface area (Å²) in [5.41, 5.74) is 1.94. The van der Waals surface area contributed by atoms with E-state index >= 15 is 0 Å². The van der Waals surface area contributed by atoms with E-state index in [-0.39, 0.29) is 5.91 Å². The summed E-state index contributed by atoms with van der Waals surface area (Å²) in [4.78, 5) is 35.1. The average Bonchev–Trinajstić information content (AvgIpc) is 3.45. The number of hydrogen-bond acceptors (Lipinski definition) is 7. The van der Waals surface area contributed by atoms with Crippen LogP contribution in [0.2, 0.25) is 0 Å². The highest BCUT2D eigenvalue weighted by Crippen LogP contribution is 2.49. The minimum atomic E-state index is -0.978. The van der Waals surface area contributed by atoms with Crippen LogP contribution in [0, 0.1) is 5.92 Å². The maximum atomic E-state index is 14.0. The van der Waals surface area contributed by atoms with E-state index in [4.69, 9.17) is 19.0 Å². The van der Waals surface area contributed by atoms with Crippen LogP contribution in [0.4, 0.5) is 11.4 Å². The normalized spacial score (nSPS) is 20.6. The van der Waals surface area contributed by atoms with Crippen LogP contribution in [0.5, 0.6) is 17.2 Å². The Hall–Kier alpha value is -4.04. The summed E-state index contributed by atoms with van der Waals surface area (Å²) in [5.74, 6) is 0.157. The second kappa shape index (κ2) is 11.1. The third-order valence-electron chi connectivity index (χ3n) is 6.82. The van der Waals surface area contributed by atoms with Crippen molar-refractivity contribution in [1.29, 1.82) is 0 Å². The van der Waals surface area contributed by atoms with Gasteiger partial charge in [0.05, 0.1) is 37.7 Å². The first-order chi connectivity index (χ1) is 18.6. The first-order valence-electron chi connectivity index (χ1n) is 13.0. The lowest BCUT2D eigenvalue weighted by Gasteiger charge is -2.29. The fraction of sp³-hybridized carbons (Fsp3) is 0.333. The van der Waals surface area contributed by atoms with Gasteiger partial charge in [0.1, 0.15) is 11.7 Å². The Morgan fingerprint density at radius 2 is 1.61 bits per heavy atom. The fourth-order valence-electron chi connectivity index (χ4n) is 5.03. The summed E-state index contributed by atoms with van der Waals surface area (Å²) in [5, 5.41) is 1.67. The number of anilines is 2. The van der Waals surface area contributed by atoms with Crippen molar-refractivity contribution in [3.8, 4) is 17.2 Å². The molecule has 3 atom stereocenters. The maximum Gasteiger partial charge on any atom is 0.266 e. The minimum absolute atomic E-state index is 0.339. The maximum absolute atomic E-state index is 14.0. The van der Waals surface area contributed by atoms with E-state index in [9.17, 15) is 9.59 Å². The van der Waals surface area contributed by atoms with Gasteiger partial charge in [-0.25, -0.2) is 9.96 Å². The van der Waals surface area contributed by atoms with Crippen LogP contribution in [0.25, 0.3) is 0 Å². The molecule has 8 nitrogen and oxygen atoms in total. The van der Waals surface area contributed by atoms with Crippen molar-refractivity contribution in [2.24, 2.45) is 5.92 Å². The Bertz CT molecular complexity index is 1300. The van der Waals surface area contributed by atoms with Crippen LogP contribution in [0.15, 0.2) is 72.8 Å². The number of carbonyl (C=O) groups is 2. The van der Waals surface area contributed by atoms with E-state index in [1.165, 1.54) is 12.0 Å². The molecule has 5 rings (SSSR count). The smallest absolute Gasteiger partial charge is 0.266 e. The number of hydroxylamine groups is 1. The first-order valence-corrected chi connectivity index (χ1v) is 13.0. The molecule has 3 aromatic rings. The predicted octanol–water partition coefficient (Wildman–Crippen LogP) is 5.32. The summed E-state index contributed by atoms with van der Waals surface area (Å²) >= 11 is 0. The van der Waals surface area contributed by atoms with Gasteiger partial charge in [0.2, 0.25) is 5.91 Å². The first kappa shape index (κ1) is 25.6. The van der Waals surface area contributed by atoms with Gasteiger partial charge in [0.15, 0.2) is 17.6 Å². The molecule has 38 heavy (non-hydrogen) atoms. The average molecular weight is 517 g/mol. The van der Waals surface area contributed by atoms with Gasteiger partial charge in [-0.3, -0.25) is 14.4 Å². The lowest BCUT2D eigenvalue weighted by atomic mass is 9.90. The SMILES string of the molecule is CCCCOc1ccc([C@H]2[C@H]3C(=O)N(c4ccccc4OC)C(=O)[C@@H]3ON2c2ccccc2)cc1OCC. The highest BCUT2D eigenvalue weighted by atomic mass is 16.7. The summed E-state index contributed by atoms with van der Waals surface area (Å²) < 4.78 is 17.3. The van der Waals surface area contributed by atoms with Crippen LogP contribution >= 0.6 is 0 Å². The van der Waals surface area contributed by atoms with Gasteiger partial charge < -0.3 is 14.2 Å². The van der Waals surface area contributed by atoms with Crippen LogP contribution in [-0.2, 0) is 14.4 Å². The number of imide groups is 1. The summed E-state index contributed by atoms with van der Waals surface area (Å²) in [6, 6.07) is 21.6. The number of ether oxygens (including phenoxy) is 3. The number of rotatable bonds is 10. The summed E-state index contributed by atoms with van der Waals surface area (Å²) in [6.45, 7) is 5.07. The van der Waals surface area contributed by atoms with Gasteiger partial charge in [0.25, 0.3) is 5.91 Å². The lowest BCUT2D eigenvalue weighted by molar-refractivity contribution is -0.126. The zero-order valence-electron chi connectivity index (χ0n) is 21.8. The molecule has 0 saturated carbocycles. The van der Waals surface area contributed by atoms with Crippen LogP contribution < -0.4 is 24.2 Å². The number of para-hydroxylation sites is 3. The fourth-order valence-corrected chi connectivity index (χ4v) is 5.03. The third-order valence-corrected chi connectivity index (χ3v) is 6.82. The molecule has 2 heterocycles. The second-order valence-corrected chi connectivity index (χ2v) is 9.18. The van der Waals surface area contributed by atoms with E-state index in [1.807, 2.05) is 55.5 Å². The second-order valence-electron chi connectivity index (χ2n) is 9.18. The monoisotopic (exact) mass is 516 g/mol. The molecule has 8 heteroatoms. The van der Waals surface area contributed by atoms with Crippen LogP contribution in [0.3, 0.4) is 0 Å². The van der Waals surface area contributed by atoms with Crippen molar-refractivity contribution in [3.05, 3.63) is 78.4 Å². The molecule has 2 aliphatic heterocycles. The van der Waals surface area contributed by atoms with Gasteiger partial charge in [-0.1, -0.05) is 49.7 Å². The number of fused-ring (bicyclic) bond motifs is 1. The van der Waals surface area contributed by atoms with Gasteiger partial charge in [-0.05, 0) is 55.3 Å². The van der Waals surface area contributed by atoms with E-state index in [2.05, 4.69) is 6.92 Å². The van der Waals surface area contributed by atoms with E-state index in [1.54, 1.807) is 29.3 Å². The van der Waals surface area contributed by atoms with Gasteiger partial charge in [0, 0.05) is 0 Å². The van der Waals surface area contributed by atoms with E-state index in [0.29, 0.717) is 36.1 Å². The zero-order chi connectivity index (χ0) is 26.6. The zero-order valence-corrected chi connectivity index (χ0v) is 21.8. The lowest BCUT2D eigenvalue weighted by Crippen LogP contribution is -2.37. The third kappa shape index (κ3) is 4.56. The van der Waals surface area contributed by atoms with E-state index in [0.717, 1.165) is 24.1 Å². The molecule has 0 N–H and O–H groups in total. The van der Waals surface area contributed by atoms with Crippen molar-refractivity contribution in [2.45, 2.75) is 38.8 Å². The molecule has 0 spiro atoms. The minimum Gasteiger partial charge on any atom is -0.495 e. The summed E-state index contributed by atoms with van der Waals surface area (Å²) in [6.07, 6.45) is 0.980. The number of methoxy groups -OCH3 is 1. The number of hydrogen-bond donors (Lipinski definition) is 0. The Balaban J connectivity index is 1.56. The highest BCUT2D eigenvalue weighted by molar-refractivity contribution is 6.24. The van der Waals surface area contributed by atoms with E-state index < -0.39 is 24.0 Å². The molecular formula is C30H32N2O6. The number of benzene rings is 3.